The molecule has 0 radical (unpaired) electrons. The lowest BCUT2D eigenvalue weighted by atomic mass is 10.1. The molecule has 0 aliphatic carbocycles. The third-order valence-corrected chi connectivity index (χ3v) is 4.63. The Morgan fingerprint density at radius 1 is 1.22 bits per heavy atom. The minimum Gasteiger partial charge on any atom is -0.386 e. The number of halogens is 1. The number of rotatable bonds is 4. The Morgan fingerprint density at radius 3 is 2.74 bits per heavy atom. The minimum absolute atomic E-state index is 0.119. The van der Waals surface area contributed by atoms with E-state index in [-0.39, 0.29) is 12.1 Å². The first-order chi connectivity index (χ1) is 13.1. The van der Waals surface area contributed by atoms with Crippen LogP contribution in [0.2, 0.25) is 0 Å². The summed E-state index contributed by atoms with van der Waals surface area (Å²) >= 11 is 0. The molecule has 134 valence electrons. The van der Waals surface area contributed by atoms with Gasteiger partial charge in [-0.05, 0) is 36.8 Å². The molecular formula is C21H17FN4O. The summed E-state index contributed by atoms with van der Waals surface area (Å²) in [6.45, 7) is 1.96. The number of nitrogens with one attached hydrogen (secondary N) is 1. The summed E-state index contributed by atoms with van der Waals surface area (Å²) in [6, 6.07) is 17.8. The lowest BCUT2D eigenvalue weighted by Crippen LogP contribution is -2.15. The van der Waals surface area contributed by atoms with Crippen LogP contribution in [0, 0.1) is 24.1 Å². The van der Waals surface area contributed by atoms with Crippen molar-refractivity contribution in [2.75, 3.05) is 11.9 Å². The van der Waals surface area contributed by atoms with Crippen molar-refractivity contribution < 1.29 is 9.50 Å². The lowest BCUT2D eigenvalue weighted by Gasteiger charge is -2.16. The molecule has 0 aliphatic heterocycles. The Hall–Kier alpha value is -3.43. The van der Waals surface area contributed by atoms with Crippen LogP contribution in [0.3, 0.4) is 0 Å². The fraction of sp³-hybridized carbons (Fsp3) is 0.143. The van der Waals surface area contributed by atoms with Crippen LogP contribution in [0.4, 0.5) is 10.2 Å². The highest BCUT2D eigenvalue weighted by Crippen LogP contribution is 2.27. The maximum atomic E-state index is 13.9. The molecule has 2 aromatic carbocycles. The van der Waals surface area contributed by atoms with Gasteiger partial charge in [-0.2, -0.15) is 5.26 Å². The van der Waals surface area contributed by atoms with Gasteiger partial charge in [-0.25, -0.2) is 9.37 Å². The van der Waals surface area contributed by atoms with Gasteiger partial charge in [0.25, 0.3) is 0 Å². The third-order valence-electron chi connectivity index (χ3n) is 4.63. The van der Waals surface area contributed by atoms with Gasteiger partial charge in [-0.15, -0.1) is 0 Å². The molecule has 0 amide bonds. The predicted molar refractivity (Wildman–Crippen MR) is 102 cm³/mol. The second kappa shape index (κ2) is 6.71. The van der Waals surface area contributed by atoms with Gasteiger partial charge in [0.1, 0.15) is 17.7 Å². The fourth-order valence-electron chi connectivity index (χ4n) is 3.28. The molecule has 0 fully saturated rings. The van der Waals surface area contributed by atoms with E-state index in [1.807, 2.05) is 41.7 Å². The number of imidazole rings is 1. The van der Waals surface area contributed by atoms with Crippen molar-refractivity contribution in [1.82, 2.24) is 9.38 Å². The maximum Gasteiger partial charge on any atom is 0.157 e. The Bertz CT molecular complexity index is 1190. The average Bonchev–Trinajstić information content (AvgIpc) is 3.05. The molecule has 27 heavy (non-hydrogen) atoms. The van der Waals surface area contributed by atoms with Crippen molar-refractivity contribution in [3.8, 4) is 6.07 Å². The summed E-state index contributed by atoms with van der Waals surface area (Å²) < 4.78 is 15.8. The van der Waals surface area contributed by atoms with E-state index in [1.54, 1.807) is 18.2 Å². The third kappa shape index (κ3) is 2.88. The number of hydrogen-bond donors (Lipinski definition) is 2. The number of hydrogen-bond acceptors (Lipinski definition) is 4. The first kappa shape index (κ1) is 17.0. The first-order valence-corrected chi connectivity index (χ1v) is 8.57. The Balaban J connectivity index is 1.78. The van der Waals surface area contributed by atoms with Crippen molar-refractivity contribution >= 4 is 22.5 Å². The SMILES string of the molecule is Cc1cc(NCC(O)c2ccccc2F)n2c(nc3ccccc32)c1C#N. The number of benzene rings is 2. The molecule has 0 spiro atoms. The molecule has 1 unspecified atom stereocenters. The number of anilines is 1. The van der Waals surface area contributed by atoms with Gasteiger partial charge in [-0.3, -0.25) is 4.40 Å². The van der Waals surface area contributed by atoms with Gasteiger partial charge in [0.15, 0.2) is 5.65 Å². The number of nitrogens with zero attached hydrogens (tertiary/aromatic N) is 3. The summed E-state index contributed by atoms with van der Waals surface area (Å²) in [4.78, 5) is 4.58. The molecule has 2 aromatic heterocycles. The topological polar surface area (TPSA) is 73.3 Å². The van der Waals surface area contributed by atoms with Crippen LogP contribution in [-0.2, 0) is 0 Å². The highest BCUT2D eigenvalue weighted by molar-refractivity contribution is 5.85. The molecule has 6 heteroatoms. The van der Waals surface area contributed by atoms with Crippen molar-refractivity contribution in [2.24, 2.45) is 0 Å². The van der Waals surface area contributed by atoms with E-state index >= 15 is 0 Å². The van der Waals surface area contributed by atoms with Gasteiger partial charge in [0, 0.05) is 12.1 Å². The van der Waals surface area contributed by atoms with Crippen LogP contribution in [0.15, 0.2) is 54.6 Å². The molecule has 4 aromatic rings. The van der Waals surface area contributed by atoms with E-state index < -0.39 is 11.9 Å². The standard InChI is InChI=1S/C21H17FN4O/c1-13-10-20(24-12-19(27)14-6-2-3-7-16(14)22)26-18-9-5-4-8-17(18)25-21(26)15(13)11-23/h2-10,19,24,27H,12H2,1H3. The van der Waals surface area contributed by atoms with Crippen LogP contribution in [-0.4, -0.2) is 21.0 Å². The fourth-order valence-corrected chi connectivity index (χ4v) is 3.28. The number of aliphatic hydroxyl groups excluding tert-OH is 1. The highest BCUT2D eigenvalue weighted by atomic mass is 19.1. The summed E-state index contributed by atoms with van der Waals surface area (Å²) in [6.07, 6.45) is -1.01. The first-order valence-electron chi connectivity index (χ1n) is 8.57. The maximum absolute atomic E-state index is 13.9. The Morgan fingerprint density at radius 2 is 1.96 bits per heavy atom. The number of nitriles is 1. The molecule has 0 saturated carbocycles. The van der Waals surface area contributed by atoms with E-state index in [9.17, 15) is 14.8 Å². The second-order valence-electron chi connectivity index (χ2n) is 6.38. The molecule has 5 nitrogen and oxygen atoms in total. The van der Waals surface area contributed by atoms with Crippen LogP contribution in [0.25, 0.3) is 16.7 Å². The summed E-state index contributed by atoms with van der Waals surface area (Å²) in [5, 5.41) is 23.1. The van der Waals surface area contributed by atoms with Crippen molar-refractivity contribution in [3.63, 3.8) is 0 Å². The van der Waals surface area contributed by atoms with Crippen molar-refractivity contribution in [1.29, 1.82) is 5.26 Å². The zero-order chi connectivity index (χ0) is 19.0. The van der Waals surface area contributed by atoms with E-state index in [0.29, 0.717) is 17.0 Å². The highest BCUT2D eigenvalue weighted by Gasteiger charge is 2.17. The molecule has 4 rings (SSSR count). The molecule has 0 saturated heterocycles. The molecule has 1 atom stereocenters. The van der Waals surface area contributed by atoms with Gasteiger partial charge in [0.05, 0.1) is 22.7 Å². The lowest BCUT2D eigenvalue weighted by molar-refractivity contribution is 0.186. The van der Waals surface area contributed by atoms with E-state index in [2.05, 4.69) is 16.4 Å². The smallest absolute Gasteiger partial charge is 0.157 e. The largest absolute Gasteiger partial charge is 0.386 e. The monoisotopic (exact) mass is 360 g/mol. The van der Waals surface area contributed by atoms with Gasteiger partial charge in [-0.1, -0.05) is 30.3 Å². The van der Waals surface area contributed by atoms with Gasteiger partial charge in [0.2, 0.25) is 0 Å². The van der Waals surface area contributed by atoms with Crippen LogP contribution >= 0.6 is 0 Å². The average molecular weight is 360 g/mol. The molecule has 2 heterocycles. The Labute approximate surface area is 155 Å². The van der Waals surface area contributed by atoms with E-state index in [0.717, 1.165) is 16.6 Å². The second-order valence-corrected chi connectivity index (χ2v) is 6.38. The zero-order valence-corrected chi connectivity index (χ0v) is 14.6. The van der Waals surface area contributed by atoms with Crippen molar-refractivity contribution in [3.05, 3.63) is 77.1 Å². The summed E-state index contributed by atoms with van der Waals surface area (Å²) in [7, 11) is 0. The predicted octanol–water partition coefficient (Wildman–Crippen LogP) is 3.95. The molecule has 0 aliphatic rings. The molecule has 0 bridgehead atoms. The minimum atomic E-state index is -1.01. The van der Waals surface area contributed by atoms with Gasteiger partial charge < -0.3 is 10.4 Å². The van der Waals surface area contributed by atoms with E-state index in [4.69, 9.17) is 0 Å². The number of fused-ring (bicyclic) bond motifs is 3. The molecule has 2 N–H and O–H groups in total. The molecular weight excluding hydrogens is 343 g/mol. The number of aliphatic hydroxyl groups is 1. The van der Waals surface area contributed by atoms with Crippen LogP contribution < -0.4 is 5.32 Å². The quantitative estimate of drug-likeness (QED) is 0.578. The van der Waals surface area contributed by atoms with Crippen LogP contribution in [0.1, 0.15) is 22.8 Å². The van der Waals surface area contributed by atoms with E-state index in [1.165, 1.54) is 6.07 Å². The summed E-state index contributed by atoms with van der Waals surface area (Å²) in [5.41, 5.74) is 3.71. The number of aryl methyl sites for hydroxylation is 1. The van der Waals surface area contributed by atoms with Crippen LogP contribution in [0.5, 0.6) is 0 Å². The van der Waals surface area contributed by atoms with Gasteiger partial charge >= 0.3 is 0 Å². The van der Waals surface area contributed by atoms with Crippen molar-refractivity contribution in [2.45, 2.75) is 13.0 Å². The normalized spacial score (nSPS) is 12.2. The number of pyridine rings is 1. The number of aromatic nitrogens is 2. The number of para-hydroxylation sites is 2. The zero-order valence-electron chi connectivity index (χ0n) is 14.6. The summed E-state index contributed by atoms with van der Waals surface area (Å²) in [5.74, 6) is 0.242. The Kier molecular flexibility index (Phi) is 4.22.